The van der Waals surface area contributed by atoms with Crippen LogP contribution in [0.15, 0.2) is 12.7 Å². The van der Waals surface area contributed by atoms with Gasteiger partial charge in [0.05, 0.1) is 6.61 Å². The molecule has 0 radical (unpaired) electrons. The zero-order valence-corrected chi connectivity index (χ0v) is 9.08. The molecule has 0 aromatic carbocycles. The molecular weight excluding hydrogens is 196 g/mol. The molecule has 0 saturated carbocycles. The predicted octanol–water partition coefficient (Wildman–Crippen LogP) is 0.519. The van der Waals surface area contributed by atoms with Crippen molar-refractivity contribution in [3.05, 3.63) is 12.7 Å². The first kappa shape index (κ1) is 11.7. The van der Waals surface area contributed by atoms with Crippen LogP contribution in [0.4, 0.5) is 4.79 Å². The van der Waals surface area contributed by atoms with Crippen molar-refractivity contribution in [3.8, 4) is 0 Å². The van der Waals surface area contributed by atoms with Gasteiger partial charge in [0.25, 0.3) is 5.91 Å². The molecule has 1 rings (SSSR count). The molecule has 84 valence electrons. The lowest BCUT2D eigenvalue weighted by molar-refractivity contribution is -0.132. The van der Waals surface area contributed by atoms with Gasteiger partial charge in [-0.1, -0.05) is 6.08 Å². The monoisotopic (exact) mass is 212 g/mol. The van der Waals surface area contributed by atoms with Crippen molar-refractivity contribution in [2.75, 3.05) is 20.3 Å². The van der Waals surface area contributed by atoms with Crippen molar-refractivity contribution in [2.45, 2.75) is 18.9 Å². The summed E-state index contributed by atoms with van der Waals surface area (Å²) in [6, 6.07) is -0.360. The second-order valence-corrected chi connectivity index (χ2v) is 3.73. The second kappa shape index (κ2) is 4.44. The van der Waals surface area contributed by atoms with E-state index in [-0.39, 0.29) is 18.5 Å². The van der Waals surface area contributed by atoms with E-state index in [0.29, 0.717) is 13.0 Å². The van der Waals surface area contributed by atoms with Crippen LogP contribution in [-0.2, 0) is 9.53 Å². The van der Waals surface area contributed by atoms with E-state index in [0.717, 1.165) is 0 Å². The number of carbonyl (C=O) groups excluding carboxylic acids is 2. The van der Waals surface area contributed by atoms with E-state index < -0.39 is 5.54 Å². The van der Waals surface area contributed by atoms with E-state index in [1.54, 1.807) is 13.0 Å². The quantitative estimate of drug-likeness (QED) is 0.534. The molecule has 1 unspecified atom stereocenters. The third kappa shape index (κ3) is 2.18. The first-order chi connectivity index (χ1) is 7.05. The molecule has 1 atom stereocenters. The van der Waals surface area contributed by atoms with Gasteiger partial charge in [0.15, 0.2) is 0 Å². The lowest BCUT2D eigenvalue weighted by Crippen LogP contribution is -2.47. The van der Waals surface area contributed by atoms with E-state index in [1.807, 2.05) is 0 Å². The molecule has 0 bridgehead atoms. The highest BCUT2D eigenvalue weighted by molar-refractivity contribution is 6.06. The van der Waals surface area contributed by atoms with Crippen molar-refractivity contribution < 1.29 is 14.3 Å². The van der Waals surface area contributed by atoms with Crippen molar-refractivity contribution in [2.24, 2.45) is 0 Å². The molecular formula is C10H16N2O3. The van der Waals surface area contributed by atoms with Gasteiger partial charge in [0.2, 0.25) is 0 Å². The molecule has 1 N–H and O–H groups in total. The highest BCUT2D eigenvalue weighted by atomic mass is 16.5. The summed E-state index contributed by atoms with van der Waals surface area (Å²) in [6.45, 7) is 5.76. The minimum absolute atomic E-state index is 0.183. The standard InChI is InChI=1S/C10H16N2O3/c1-4-5-6-12-8(13)10(2,7-15-3)11-9(12)14/h4H,1,5-7H2,2-3H3,(H,11,14). The van der Waals surface area contributed by atoms with E-state index in [2.05, 4.69) is 11.9 Å². The lowest BCUT2D eigenvalue weighted by atomic mass is 10.0. The first-order valence-corrected chi connectivity index (χ1v) is 4.79. The van der Waals surface area contributed by atoms with Gasteiger partial charge in [-0.25, -0.2) is 4.79 Å². The fourth-order valence-corrected chi connectivity index (χ4v) is 1.56. The molecule has 0 aromatic rings. The summed E-state index contributed by atoms with van der Waals surface area (Å²) in [4.78, 5) is 24.5. The van der Waals surface area contributed by atoms with Crippen LogP contribution >= 0.6 is 0 Å². The maximum atomic E-state index is 11.9. The molecule has 1 aliphatic rings. The van der Waals surface area contributed by atoms with Crippen molar-refractivity contribution >= 4 is 11.9 Å². The molecule has 3 amide bonds. The molecule has 0 aromatic heterocycles. The molecule has 5 nitrogen and oxygen atoms in total. The summed E-state index contributed by atoms with van der Waals surface area (Å²) in [5, 5.41) is 2.62. The molecule has 1 aliphatic heterocycles. The summed E-state index contributed by atoms with van der Waals surface area (Å²) >= 11 is 0. The van der Waals surface area contributed by atoms with E-state index in [1.165, 1.54) is 12.0 Å². The van der Waals surface area contributed by atoms with Crippen molar-refractivity contribution in [1.82, 2.24) is 10.2 Å². The Bertz CT molecular complexity index is 290. The zero-order chi connectivity index (χ0) is 11.5. The number of ether oxygens (including phenoxy) is 1. The number of hydrogen-bond donors (Lipinski definition) is 1. The molecule has 1 heterocycles. The average molecular weight is 212 g/mol. The maximum Gasteiger partial charge on any atom is 0.325 e. The van der Waals surface area contributed by atoms with Gasteiger partial charge in [-0.3, -0.25) is 9.69 Å². The number of nitrogens with zero attached hydrogens (tertiary/aromatic N) is 1. The number of nitrogens with one attached hydrogen (secondary N) is 1. The Balaban J connectivity index is 2.73. The van der Waals surface area contributed by atoms with E-state index in [9.17, 15) is 9.59 Å². The van der Waals surface area contributed by atoms with Crippen molar-refractivity contribution in [1.29, 1.82) is 0 Å². The zero-order valence-electron chi connectivity index (χ0n) is 9.08. The van der Waals surface area contributed by atoms with Crippen LogP contribution in [0.3, 0.4) is 0 Å². The molecule has 15 heavy (non-hydrogen) atoms. The summed E-state index contributed by atoms with van der Waals surface area (Å²) in [5.41, 5.74) is -0.924. The number of imide groups is 1. The van der Waals surface area contributed by atoms with Gasteiger partial charge in [-0.2, -0.15) is 0 Å². The fourth-order valence-electron chi connectivity index (χ4n) is 1.56. The number of amides is 3. The Hall–Kier alpha value is -1.36. The Labute approximate surface area is 89.1 Å². The number of methoxy groups -OCH3 is 1. The minimum Gasteiger partial charge on any atom is -0.382 e. The maximum absolute atomic E-state index is 11.9. The average Bonchev–Trinajstić information content (AvgIpc) is 2.37. The normalized spacial score (nSPS) is 25.6. The molecule has 5 heteroatoms. The topological polar surface area (TPSA) is 58.6 Å². The van der Waals surface area contributed by atoms with Gasteiger partial charge in [0.1, 0.15) is 5.54 Å². The molecule has 1 saturated heterocycles. The highest BCUT2D eigenvalue weighted by Gasteiger charge is 2.47. The summed E-state index contributed by atoms with van der Waals surface area (Å²) in [5.74, 6) is -0.240. The summed E-state index contributed by atoms with van der Waals surface area (Å²) in [6.07, 6.45) is 2.27. The lowest BCUT2D eigenvalue weighted by Gasteiger charge is -2.20. The van der Waals surface area contributed by atoms with Crippen molar-refractivity contribution in [3.63, 3.8) is 0 Å². The number of rotatable bonds is 5. The van der Waals surface area contributed by atoms with Gasteiger partial charge >= 0.3 is 6.03 Å². The van der Waals surface area contributed by atoms with Crippen LogP contribution < -0.4 is 5.32 Å². The van der Waals surface area contributed by atoms with Crippen LogP contribution in [0.1, 0.15) is 13.3 Å². The third-order valence-corrected chi connectivity index (χ3v) is 2.33. The van der Waals surface area contributed by atoms with Crippen LogP contribution in [0.25, 0.3) is 0 Å². The second-order valence-electron chi connectivity index (χ2n) is 3.73. The minimum atomic E-state index is -0.924. The van der Waals surface area contributed by atoms with Gasteiger partial charge < -0.3 is 10.1 Å². The van der Waals surface area contributed by atoms with Crippen LogP contribution in [0, 0.1) is 0 Å². The number of urea groups is 1. The van der Waals surface area contributed by atoms with E-state index in [4.69, 9.17) is 4.74 Å². The smallest absolute Gasteiger partial charge is 0.325 e. The number of hydrogen-bond acceptors (Lipinski definition) is 3. The Morgan fingerprint density at radius 2 is 2.27 bits per heavy atom. The number of carbonyl (C=O) groups is 2. The summed E-state index contributed by atoms with van der Waals surface area (Å²) < 4.78 is 4.92. The third-order valence-electron chi connectivity index (χ3n) is 2.33. The molecule has 0 spiro atoms. The fraction of sp³-hybridized carbons (Fsp3) is 0.600. The van der Waals surface area contributed by atoms with Gasteiger partial charge in [-0.05, 0) is 13.3 Å². The molecule has 1 fully saturated rings. The van der Waals surface area contributed by atoms with Crippen LogP contribution in [0.5, 0.6) is 0 Å². The van der Waals surface area contributed by atoms with Gasteiger partial charge in [0, 0.05) is 13.7 Å². The Morgan fingerprint density at radius 1 is 1.60 bits per heavy atom. The van der Waals surface area contributed by atoms with Gasteiger partial charge in [-0.15, -0.1) is 6.58 Å². The van der Waals surface area contributed by atoms with Crippen LogP contribution in [0.2, 0.25) is 0 Å². The van der Waals surface area contributed by atoms with Crippen LogP contribution in [-0.4, -0.2) is 42.6 Å². The first-order valence-electron chi connectivity index (χ1n) is 4.79. The summed E-state index contributed by atoms with van der Waals surface area (Å²) in [7, 11) is 1.50. The Morgan fingerprint density at radius 3 is 2.80 bits per heavy atom. The highest BCUT2D eigenvalue weighted by Crippen LogP contribution is 2.17. The Kier molecular flexibility index (Phi) is 3.47. The molecule has 0 aliphatic carbocycles. The SMILES string of the molecule is C=CCCN1C(=O)NC(C)(COC)C1=O. The predicted molar refractivity (Wildman–Crippen MR) is 55.3 cm³/mol. The van der Waals surface area contributed by atoms with E-state index >= 15 is 0 Å². The largest absolute Gasteiger partial charge is 0.382 e.